The molecule has 0 spiro atoms. The summed E-state index contributed by atoms with van der Waals surface area (Å²) < 4.78 is 8.27. The highest BCUT2D eigenvalue weighted by Gasteiger charge is 2.33. The Labute approximate surface area is 207 Å². The van der Waals surface area contributed by atoms with Crippen LogP contribution in [0.25, 0.3) is 17.8 Å². The zero-order valence-electron chi connectivity index (χ0n) is 19.3. The number of hydrogen-bond acceptors (Lipinski definition) is 4. The maximum atomic E-state index is 13.7. The molecule has 3 aromatic carbocycles. The second kappa shape index (κ2) is 9.01. The Bertz CT molecular complexity index is 1660. The van der Waals surface area contributed by atoms with Crippen LogP contribution in [0.5, 0.6) is 5.75 Å². The van der Waals surface area contributed by atoms with E-state index in [9.17, 15) is 4.79 Å². The van der Waals surface area contributed by atoms with E-state index in [-0.39, 0.29) is 11.6 Å². The van der Waals surface area contributed by atoms with Crippen molar-refractivity contribution < 1.29 is 4.74 Å². The lowest BCUT2D eigenvalue weighted by Gasteiger charge is -2.31. The number of fused-ring (bicyclic) bond motifs is 3. The first-order chi connectivity index (χ1) is 17.2. The van der Waals surface area contributed by atoms with Crippen LogP contribution in [0, 0.1) is 0 Å². The second-order valence-corrected chi connectivity index (χ2v) is 9.66. The van der Waals surface area contributed by atoms with Gasteiger partial charge in [0.05, 0.1) is 23.4 Å². The third kappa shape index (κ3) is 3.78. The van der Waals surface area contributed by atoms with Gasteiger partial charge in [0, 0.05) is 11.1 Å². The minimum absolute atomic E-state index is 0.0206. The number of thiazole rings is 1. The zero-order chi connectivity index (χ0) is 23.8. The van der Waals surface area contributed by atoms with E-state index in [0.29, 0.717) is 4.53 Å². The van der Waals surface area contributed by atoms with Crippen molar-refractivity contribution in [3.8, 4) is 5.75 Å². The van der Waals surface area contributed by atoms with Gasteiger partial charge in [0.15, 0.2) is 4.80 Å². The molecule has 5 heteroatoms. The lowest BCUT2D eigenvalue weighted by atomic mass is 9.83. The molecule has 0 N–H and O–H groups in total. The number of aromatic nitrogens is 1. The van der Waals surface area contributed by atoms with Gasteiger partial charge in [-0.15, -0.1) is 0 Å². The van der Waals surface area contributed by atoms with Crippen molar-refractivity contribution in [2.75, 3.05) is 7.11 Å². The van der Waals surface area contributed by atoms with E-state index in [1.165, 1.54) is 22.5 Å². The van der Waals surface area contributed by atoms with Crippen LogP contribution in [0.15, 0.2) is 100 Å². The summed E-state index contributed by atoms with van der Waals surface area (Å²) in [6.45, 7) is 0. The number of ether oxygens (including phenoxy) is 1. The molecule has 1 aliphatic heterocycles. The van der Waals surface area contributed by atoms with Gasteiger partial charge < -0.3 is 4.74 Å². The standard InChI is InChI=1S/C30H24N2O2S/c1-34-25-16-8-7-15-23(25)28-24-19-18-21-13-5-6-14-22(21)27(24)31-30-32(28)29(33)26(35-30)17-9-12-20-10-3-2-4-11-20/h2-17,28H,18-19H2,1H3/b12-9+,26-17-/t28-/m0/s1. The average molecular weight is 477 g/mol. The summed E-state index contributed by atoms with van der Waals surface area (Å²) in [6.07, 6.45) is 7.63. The molecule has 0 bridgehead atoms. The summed E-state index contributed by atoms with van der Waals surface area (Å²) in [4.78, 5) is 19.5. The Morgan fingerprint density at radius 1 is 0.971 bits per heavy atom. The molecule has 4 aromatic rings. The SMILES string of the molecule is COc1ccccc1[C@H]1C2=C(N=c3s/c(=C\C=C\c4ccccc4)c(=O)n31)c1ccccc1CC2. The van der Waals surface area contributed by atoms with Gasteiger partial charge in [-0.2, -0.15) is 0 Å². The monoisotopic (exact) mass is 476 g/mol. The van der Waals surface area contributed by atoms with Crippen molar-refractivity contribution >= 4 is 29.2 Å². The van der Waals surface area contributed by atoms with Gasteiger partial charge in [-0.3, -0.25) is 9.36 Å². The summed E-state index contributed by atoms with van der Waals surface area (Å²) in [5.41, 5.74) is 6.70. The van der Waals surface area contributed by atoms with Gasteiger partial charge in [0.2, 0.25) is 0 Å². The lowest BCUT2D eigenvalue weighted by Crippen LogP contribution is -2.38. The van der Waals surface area contributed by atoms with Crippen LogP contribution in [-0.4, -0.2) is 11.7 Å². The van der Waals surface area contributed by atoms with Gasteiger partial charge in [0.25, 0.3) is 5.56 Å². The molecule has 1 aliphatic carbocycles. The fourth-order valence-electron chi connectivity index (χ4n) is 5.02. The highest BCUT2D eigenvalue weighted by atomic mass is 32.1. The first-order valence-corrected chi connectivity index (χ1v) is 12.5. The molecule has 2 aliphatic rings. The first-order valence-electron chi connectivity index (χ1n) is 11.7. The molecule has 0 fully saturated rings. The van der Waals surface area contributed by atoms with Crippen molar-refractivity contribution in [2.45, 2.75) is 18.9 Å². The van der Waals surface area contributed by atoms with Crippen molar-refractivity contribution in [3.63, 3.8) is 0 Å². The normalized spacial score (nSPS) is 17.1. The molecule has 2 heterocycles. The maximum Gasteiger partial charge on any atom is 0.271 e. The number of aryl methyl sites for hydroxylation is 1. The van der Waals surface area contributed by atoms with Crippen LogP contribution in [0.1, 0.15) is 34.7 Å². The molecular weight excluding hydrogens is 452 g/mol. The number of benzene rings is 3. The lowest BCUT2D eigenvalue weighted by molar-refractivity contribution is 0.402. The van der Waals surface area contributed by atoms with E-state index in [1.807, 2.05) is 71.3 Å². The largest absolute Gasteiger partial charge is 0.496 e. The molecule has 1 aromatic heterocycles. The van der Waals surface area contributed by atoms with Crippen LogP contribution in [0.2, 0.25) is 0 Å². The zero-order valence-corrected chi connectivity index (χ0v) is 20.2. The van der Waals surface area contributed by atoms with Crippen molar-refractivity contribution in [3.05, 3.63) is 132 Å². The topological polar surface area (TPSA) is 43.6 Å². The van der Waals surface area contributed by atoms with Crippen molar-refractivity contribution in [1.29, 1.82) is 0 Å². The highest BCUT2D eigenvalue weighted by molar-refractivity contribution is 7.07. The quantitative estimate of drug-likeness (QED) is 0.416. The Hall–Kier alpha value is -3.96. The third-order valence-corrected chi connectivity index (χ3v) is 7.64. The van der Waals surface area contributed by atoms with Gasteiger partial charge in [-0.05, 0) is 41.7 Å². The Balaban J connectivity index is 1.57. The van der Waals surface area contributed by atoms with E-state index >= 15 is 0 Å². The van der Waals surface area contributed by atoms with E-state index < -0.39 is 0 Å². The molecule has 35 heavy (non-hydrogen) atoms. The van der Waals surface area contributed by atoms with Gasteiger partial charge >= 0.3 is 0 Å². The fraction of sp³-hybridized carbons (Fsp3) is 0.133. The van der Waals surface area contributed by atoms with E-state index in [0.717, 1.165) is 45.8 Å². The molecule has 6 rings (SSSR count). The Kier molecular flexibility index (Phi) is 5.55. The smallest absolute Gasteiger partial charge is 0.271 e. The molecule has 1 atom stereocenters. The number of para-hydroxylation sites is 1. The first kappa shape index (κ1) is 21.6. The molecule has 0 amide bonds. The predicted octanol–water partition coefficient (Wildman–Crippen LogP) is 4.99. The number of hydrogen-bond donors (Lipinski definition) is 0. The predicted molar refractivity (Wildman–Crippen MR) is 142 cm³/mol. The maximum absolute atomic E-state index is 13.7. The van der Waals surface area contributed by atoms with Crippen molar-refractivity contribution in [1.82, 2.24) is 4.57 Å². The Morgan fingerprint density at radius 2 is 1.74 bits per heavy atom. The van der Waals surface area contributed by atoms with Gasteiger partial charge in [0.1, 0.15) is 5.75 Å². The number of methoxy groups -OCH3 is 1. The summed E-state index contributed by atoms with van der Waals surface area (Å²) in [7, 11) is 1.68. The number of rotatable bonds is 4. The molecule has 0 saturated heterocycles. The Morgan fingerprint density at radius 3 is 2.60 bits per heavy atom. The second-order valence-electron chi connectivity index (χ2n) is 8.65. The molecule has 0 unspecified atom stereocenters. The average Bonchev–Trinajstić information content (AvgIpc) is 3.22. The molecule has 172 valence electrons. The fourth-order valence-corrected chi connectivity index (χ4v) is 5.97. The van der Waals surface area contributed by atoms with Gasteiger partial charge in [-0.1, -0.05) is 96.3 Å². The number of allylic oxidation sites excluding steroid dienone is 2. The van der Waals surface area contributed by atoms with E-state index in [2.05, 4.69) is 30.3 Å². The van der Waals surface area contributed by atoms with Crippen LogP contribution in [0.4, 0.5) is 0 Å². The minimum Gasteiger partial charge on any atom is -0.496 e. The van der Waals surface area contributed by atoms with E-state index in [1.54, 1.807) is 7.11 Å². The summed E-state index contributed by atoms with van der Waals surface area (Å²) in [6, 6.07) is 26.3. The molecule has 4 nitrogen and oxygen atoms in total. The summed E-state index contributed by atoms with van der Waals surface area (Å²) in [5.74, 6) is 0.781. The summed E-state index contributed by atoms with van der Waals surface area (Å²) >= 11 is 1.44. The minimum atomic E-state index is -0.244. The van der Waals surface area contributed by atoms with Crippen LogP contribution in [-0.2, 0) is 6.42 Å². The van der Waals surface area contributed by atoms with Crippen LogP contribution >= 0.6 is 11.3 Å². The van der Waals surface area contributed by atoms with Crippen LogP contribution in [0.3, 0.4) is 0 Å². The van der Waals surface area contributed by atoms with E-state index in [4.69, 9.17) is 9.73 Å². The van der Waals surface area contributed by atoms with Crippen molar-refractivity contribution in [2.24, 2.45) is 4.99 Å². The summed E-state index contributed by atoms with van der Waals surface area (Å²) in [5, 5.41) is 0. The highest BCUT2D eigenvalue weighted by Crippen LogP contribution is 2.43. The van der Waals surface area contributed by atoms with Gasteiger partial charge in [-0.25, -0.2) is 4.99 Å². The molecule has 0 saturated carbocycles. The van der Waals surface area contributed by atoms with Crippen LogP contribution < -0.4 is 19.6 Å². The third-order valence-electron chi connectivity index (χ3n) is 6.64. The molecular formula is C30H24N2O2S. The number of nitrogens with zero attached hydrogens (tertiary/aromatic N) is 2. The molecule has 0 radical (unpaired) electrons.